The molecule has 0 aromatic carbocycles. The van der Waals surface area contributed by atoms with Crippen molar-refractivity contribution < 1.29 is 14.6 Å². The Bertz CT molecular complexity index is 775. The van der Waals surface area contributed by atoms with Gasteiger partial charge in [0, 0.05) is 43.8 Å². The van der Waals surface area contributed by atoms with E-state index in [1.165, 1.54) is 6.33 Å². The van der Waals surface area contributed by atoms with Gasteiger partial charge >= 0.3 is 6.09 Å². The molecule has 1 fully saturated rings. The van der Waals surface area contributed by atoms with Gasteiger partial charge in [0.05, 0.1) is 17.8 Å². The molecule has 0 radical (unpaired) electrons. The Morgan fingerprint density at radius 2 is 2.20 bits per heavy atom. The van der Waals surface area contributed by atoms with E-state index in [1.54, 1.807) is 24.4 Å². The summed E-state index contributed by atoms with van der Waals surface area (Å²) >= 11 is 0. The molecular formula is C21H34N6O3. The normalized spacial score (nSPS) is 19.8. The van der Waals surface area contributed by atoms with E-state index >= 15 is 0 Å². The van der Waals surface area contributed by atoms with E-state index < -0.39 is 17.4 Å². The zero-order chi connectivity index (χ0) is 22.4. The van der Waals surface area contributed by atoms with Crippen LogP contribution in [0.15, 0.2) is 34.9 Å². The molecule has 1 aliphatic rings. The minimum Gasteiger partial charge on any atom is -0.444 e. The summed E-state index contributed by atoms with van der Waals surface area (Å²) in [6, 6.07) is 1.83. The average molecular weight is 419 g/mol. The van der Waals surface area contributed by atoms with Gasteiger partial charge in [0.25, 0.3) is 0 Å². The van der Waals surface area contributed by atoms with Crippen LogP contribution in [-0.4, -0.2) is 70.8 Å². The Morgan fingerprint density at radius 3 is 2.77 bits per heavy atom. The Morgan fingerprint density at radius 1 is 1.47 bits per heavy atom. The predicted octanol–water partition coefficient (Wildman–Crippen LogP) is 1.80. The van der Waals surface area contributed by atoms with Crippen LogP contribution in [0.1, 0.15) is 46.7 Å². The molecule has 2 atom stereocenters. The first-order valence-corrected chi connectivity index (χ1v) is 10.2. The molecule has 0 bridgehead atoms. The number of hydrogen-bond donors (Lipinski definition) is 3. The molecule has 2 unspecified atom stereocenters. The molecule has 1 aromatic rings. The summed E-state index contributed by atoms with van der Waals surface area (Å²) in [5.74, 6) is 0. The van der Waals surface area contributed by atoms with E-state index in [0.29, 0.717) is 31.6 Å². The Hall–Kier alpha value is -2.52. The molecule has 9 nitrogen and oxygen atoms in total. The molecular weight excluding hydrogens is 384 g/mol. The third-order valence-corrected chi connectivity index (χ3v) is 4.94. The first-order chi connectivity index (χ1) is 14.1. The Labute approximate surface area is 178 Å². The van der Waals surface area contributed by atoms with E-state index in [0.717, 1.165) is 11.4 Å². The highest BCUT2D eigenvalue weighted by molar-refractivity contribution is 5.81. The number of carbonyl (C=O) groups excluding carboxylic acids is 1. The molecule has 3 N–H and O–H groups in total. The van der Waals surface area contributed by atoms with E-state index in [4.69, 9.17) is 4.74 Å². The summed E-state index contributed by atoms with van der Waals surface area (Å²) in [7, 11) is 1.64. The van der Waals surface area contributed by atoms with Crippen molar-refractivity contribution in [3.05, 3.63) is 35.6 Å². The lowest BCUT2D eigenvalue weighted by Gasteiger charge is -2.35. The number of nitrogens with one attached hydrogen (secondary N) is 2. The van der Waals surface area contributed by atoms with Gasteiger partial charge in [-0.1, -0.05) is 6.92 Å². The van der Waals surface area contributed by atoms with Crippen LogP contribution < -0.4 is 10.6 Å². The SMILES string of the molecule is CCC(C)(NC(O)/C(C=NC)=C1\CN(C(=O)OC(C)(C)C)CCN1)c1ccncn1. The monoisotopic (exact) mass is 418 g/mol. The summed E-state index contributed by atoms with van der Waals surface area (Å²) < 4.78 is 5.49. The number of aliphatic hydroxyl groups excluding tert-OH is 1. The van der Waals surface area contributed by atoms with Gasteiger partial charge in [0.15, 0.2) is 0 Å². The third kappa shape index (κ3) is 6.24. The molecule has 9 heteroatoms. The van der Waals surface area contributed by atoms with E-state index in [-0.39, 0.29) is 6.09 Å². The average Bonchev–Trinajstić information content (AvgIpc) is 2.71. The van der Waals surface area contributed by atoms with Gasteiger partial charge in [0.2, 0.25) is 0 Å². The van der Waals surface area contributed by atoms with Gasteiger partial charge in [-0.3, -0.25) is 10.3 Å². The minimum atomic E-state index is -1.02. The molecule has 166 valence electrons. The van der Waals surface area contributed by atoms with Crippen LogP contribution >= 0.6 is 0 Å². The van der Waals surface area contributed by atoms with Crippen molar-refractivity contribution in [3.63, 3.8) is 0 Å². The third-order valence-electron chi connectivity index (χ3n) is 4.94. The highest BCUT2D eigenvalue weighted by atomic mass is 16.6. The summed E-state index contributed by atoms with van der Waals surface area (Å²) in [5, 5.41) is 17.6. The number of hydrogen-bond acceptors (Lipinski definition) is 8. The van der Waals surface area contributed by atoms with Gasteiger partial charge < -0.3 is 20.1 Å². The predicted molar refractivity (Wildman–Crippen MR) is 116 cm³/mol. The minimum absolute atomic E-state index is 0.297. The molecule has 0 saturated carbocycles. The second-order valence-corrected chi connectivity index (χ2v) is 8.48. The summed E-state index contributed by atoms with van der Waals surface area (Å²) in [5.41, 5.74) is 0.929. The Kier molecular flexibility index (Phi) is 7.91. The van der Waals surface area contributed by atoms with Crippen molar-refractivity contribution in [2.24, 2.45) is 4.99 Å². The summed E-state index contributed by atoms with van der Waals surface area (Å²) in [4.78, 5) is 26.5. The molecule has 2 rings (SSSR count). The molecule has 1 saturated heterocycles. The number of ether oxygens (including phenoxy) is 1. The second-order valence-electron chi connectivity index (χ2n) is 8.48. The highest BCUT2D eigenvalue weighted by Gasteiger charge is 2.32. The van der Waals surface area contributed by atoms with Crippen LogP contribution in [0.3, 0.4) is 0 Å². The number of carbonyl (C=O) groups is 1. The number of rotatable bonds is 6. The number of amides is 1. The van der Waals surface area contributed by atoms with Crippen LogP contribution in [-0.2, 0) is 10.3 Å². The maximum absolute atomic E-state index is 12.5. The molecule has 1 aromatic heterocycles. The molecule has 30 heavy (non-hydrogen) atoms. The largest absolute Gasteiger partial charge is 0.444 e. The second kappa shape index (κ2) is 9.99. The number of aliphatic hydroxyl groups is 1. The number of nitrogens with zero attached hydrogens (tertiary/aromatic N) is 4. The first-order valence-electron chi connectivity index (χ1n) is 10.2. The molecule has 1 aliphatic heterocycles. The van der Waals surface area contributed by atoms with Crippen molar-refractivity contribution in [1.29, 1.82) is 0 Å². The summed E-state index contributed by atoms with van der Waals surface area (Å²) in [6.07, 6.45) is 4.08. The van der Waals surface area contributed by atoms with E-state index in [9.17, 15) is 9.90 Å². The lowest BCUT2D eigenvalue weighted by molar-refractivity contribution is 0.0246. The quantitative estimate of drug-likeness (QED) is 0.477. The van der Waals surface area contributed by atoms with E-state index in [2.05, 4.69) is 25.6 Å². The molecule has 0 spiro atoms. The zero-order valence-corrected chi connectivity index (χ0v) is 18.8. The van der Waals surface area contributed by atoms with Gasteiger partial charge in [0.1, 0.15) is 18.2 Å². The molecule has 0 aliphatic carbocycles. The van der Waals surface area contributed by atoms with Gasteiger partial charge in [-0.25, -0.2) is 14.8 Å². The van der Waals surface area contributed by atoms with Crippen molar-refractivity contribution in [2.45, 2.75) is 58.4 Å². The van der Waals surface area contributed by atoms with Crippen molar-refractivity contribution in [1.82, 2.24) is 25.5 Å². The standard InChI is InChI=1S/C21H34N6O3/c1-7-21(5,17-8-9-23-14-25-17)26-18(28)15(12-22-6)16-13-27(11-10-24-16)19(29)30-20(2,3)4/h8-9,12,14,18,24,26,28H,7,10-11,13H2,1-6H3/b16-15+,22-12?. The zero-order valence-electron chi connectivity index (χ0n) is 18.8. The van der Waals surface area contributed by atoms with Crippen molar-refractivity contribution in [3.8, 4) is 0 Å². The maximum Gasteiger partial charge on any atom is 0.410 e. The van der Waals surface area contributed by atoms with Gasteiger partial charge in [-0.2, -0.15) is 0 Å². The fourth-order valence-corrected chi connectivity index (χ4v) is 3.15. The van der Waals surface area contributed by atoms with Crippen LogP contribution in [0, 0.1) is 0 Å². The van der Waals surface area contributed by atoms with Crippen LogP contribution in [0.4, 0.5) is 4.79 Å². The number of aromatic nitrogens is 2. The van der Waals surface area contributed by atoms with Gasteiger partial charge in [-0.15, -0.1) is 0 Å². The van der Waals surface area contributed by atoms with Gasteiger partial charge in [-0.05, 0) is 40.2 Å². The number of aliphatic imine (C=N–C) groups is 1. The lowest BCUT2D eigenvalue weighted by atomic mass is 9.93. The molecule has 2 heterocycles. The van der Waals surface area contributed by atoms with Crippen molar-refractivity contribution in [2.75, 3.05) is 26.7 Å². The van der Waals surface area contributed by atoms with Crippen molar-refractivity contribution >= 4 is 12.3 Å². The topological polar surface area (TPSA) is 112 Å². The fourth-order valence-electron chi connectivity index (χ4n) is 3.15. The van der Waals surface area contributed by atoms with Crippen LogP contribution in [0.5, 0.6) is 0 Å². The highest BCUT2D eigenvalue weighted by Crippen LogP contribution is 2.24. The number of piperazine rings is 1. The van der Waals surface area contributed by atoms with Crippen LogP contribution in [0.2, 0.25) is 0 Å². The molecule has 1 amide bonds. The lowest BCUT2D eigenvalue weighted by Crippen LogP contribution is -2.51. The van der Waals surface area contributed by atoms with E-state index in [1.807, 2.05) is 40.7 Å². The smallest absolute Gasteiger partial charge is 0.410 e. The Balaban J connectivity index is 2.26. The fraction of sp³-hybridized carbons (Fsp3) is 0.619. The summed E-state index contributed by atoms with van der Waals surface area (Å²) in [6.45, 7) is 10.9. The van der Waals surface area contributed by atoms with Crippen LogP contribution in [0.25, 0.3) is 0 Å². The maximum atomic E-state index is 12.5. The first kappa shape index (κ1) is 23.8.